The number of carboxylic acids is 1. The Kier molecular flexibility index (Phi) is 6.02. The quantitative estimate of drug-likeness (QED) is 0.679. The number of rotatable bonds is 6. The zero-order valence-electron chi connectivity index (χ0n) is 19.3. The van der Waals surface area contributed by atoms with Crippen LogP contribution in [0.5, 0.6) is 0 Å². The number of benzene rings is 2. The van der Waals surface area contributed by atoms with Gasteiger partial charge in [-0.05, 0) is 54.4 Å². The molecule has 5 rings (SSSR count). The number of fused-ring (bicyclic) bond motifs is 3. The molecule has 2 aromatic rings. The van der Waals surface area contributed by atoms with E-state index in [1.807, 2.05) is 31.2 Å². The van der Waals surface area contributed by atoms with Gasteiger partial charge >= 0.3 is 12.1 Å². The van der Waals surface area contributed by atoms with E-state index >= 15 is 0 Å². The highest BCUT2D eigenvalue weighted by Gasteiger charge is 2.47. The van der Waals surface area contributed by atoms with Crippen LogP contribution in [0.25, 0.3) is 11.1 Å². The number of piperidine rings is 1. The summed E-state index contributed by atoms with van der Waals surface area (Å²) >= 11 is 0. The van der Waals surface area contributed by atoms with Crippen LogP contribution in [-0.2, 0) is 14.3 Å². The number of ether oxygens (including phenoxy) is 1. The second-order valence-electron chi connectivity index (χ2n) is 9.67. The summed E-state index contributed by atoms with van der Waals surface area (Å²) in [4.78, 5) is 38.5. The van der Waals surface area contributed by atoms with E-state index in [0.717, 1.165) is 0 Å². The van der Waals surface area contributed by atoms with Gasteiger partial charge in [0.15, 0.2) is 0 Å². The van der Waals surface area contributed by atoms with Crippen molar-refractivity contribution < 1.29 is 24.2 Å². The third-order valence-corrected chi connectivity index (χ3v) is 7.68. The molecular formula is C27H30N2O5. The average molecular weight is 463 g/mol. The second-order valence-corrected chi connectivity index (χ2v) is 9.67. The summed E-state index contributed by atoms with van der Waals surface area (Å²) in [6.45, 7) is 3.07. The van der Waals surface area contributed by atoms with Crippen LogP contribution in [0.1, 0.15) is 43.2 Å². The number of amides is 2. The number of hydrogen-bond donors (Lipinski definition) is 2. The molecule has 3 aliphatic rings. The summed E-state index contributed by atoms with van der Waals surface area (Å²) in [5.41, 5.74) is 4.70. The van der Waals surface area contributed by atoms with Gasteiger partial charge in [-0.1, -0.05) is 48.5 Å². The summed E-state index contributed by atoms with van der Waals surface area (Å²) in [5.74, 6) is -1.40. The Bertz CT molecular complexity index is 1070. The van der Waals surface area contributed by atoms with Gasteiger partial charge < -0.3 is 20.1 Å². The number of nitrogens with zero attached hydrogens (tertiary/aromatic N) is 1. The van der Waals surface area contributed by atoms with Gasteiger partial charge in [0.25, 0.3) is 0 Å². The fourth-order valence-corrected chi connectivity index (χ4v) is 5.64. The second kappa shape index (κ2) is 9.12. The monoisotopic (exact) mass is 462 g/mol. The molecule has 7 nitrogen and oxygen atoms in total. The maximum Gasteiger partial charge on any atom is 0.407 e. The van der Waals surface area contributed by atoms with Gasteiger partial charge in [-0.25, -0.2) is 4.79 Å². The molecule has 2 aliphatic carbocycles. The molecule has 2 aromatic carbocycles. The highest BCUT2D eigenvalue weighted by Crippen LogP contribution is 2.44. The zero-order chi connectivity index (χ0) is 23.8. The molecule has 178 valence electrons. The van der Waals surface area contributed by atoms with Gasteiger partial charge in [-0.2, -0.15) is 0 Å². The number of carbonyl (C=O) groups excluding carboxylic acids is 2. The van der Waals surface area contributed by atoms with Crippen LogP contribution in [-0.4, -0.2) is 53.7 Å². The number of likely N-dealkylation sites (tertiary alicyclic amines) is 1. The molecule has 0 bridgehead atoms. The fraction of sp³-hybridized carbons (Fsp3) is 0.444. The summed E-state index contributed by atoms with van der Waals surface area (Å²) in [6.07, 6.45) is 1.56. The highest BCUT2D eigenvalue weighted by atomic mass is 16.5. The molecule has 1 aliphatic heterocycles. The predicted molar refractivity (Wildman–Crippen MR) is 126 cm³/mol. The number of alkyl carbamates (subject to hydrolysis) is 1. The molecule has 2 N–H and O–H groups in total. The van der Waals surface area contributed by atoms with Crippen molar-refractivity contribution in [3.63, 3.8) is 0 Å². The highest BCUT2D eigenvalue weighted by molar-refractivity contribution is 5.83. The Hall–Kier alpha value is -3.35. The van der Waals surface area contributed by atoms with Crippen molar-refractivity contribution in [1.82, 2.24) is 10.2 Å². The van der Waals surface area contributed by atoms with E-state index in [-0.39, 0.29) is 36.3 Å². The average Bonchev–Trinajstić information content (AvgIpc) is 3.56. The third-order valence-electron chi connectivity index (χ3n) is 7.68. The minimum absolute atomic E-state index is 0.0103. The Labute approximate surface area is 199 Å². The van der Waals surface area contributed by atoms with Crippen LogP contribution in [0.4, 0.5) is 4.79 Å². The number of nitrogens with one attached hydrogen (secondary N) is 1. The van der Waals surface area contributed by atoms with Crippen molar-refractivity contribution in [3.05, 3.63) is 59.7 Å². The number of hydrogen-bond acceptors (Lipinski definition) is 4. The van der Waals surface area contributed by atoms with E-state index in [9.17, 15) is 19.5 Å². The third kappa shape index (κ3) is 4.15. The van der Waals surface area contributed by atoms with Crippen molar-refractivity contribution in [1.29, 1.82) is 0 Å². The Morgan fingerprint density at radius 2 is 1.68 bits per heavy atom. The van der Waals surface area contributed by atoms with Gasteiger partial charge in [-0.15, -0.1) is 0 Å². The largest absolute Gasteiger partial charge is 0.481 e. The topological polar surface area (TPSA) is 95.9 Å². The maximum absolute atomic E-state index is 12.9. The Morgan fingerprint density at radius 1 is 1.03 bits per heavy atom. The predicted octanol–water partition coefficient (Wildman–Crippen LogP) is 3.87. The maximum atomic E-state index is 12.9. The first-order valence-corrected chi connectivity index (χ1v) is 12.1. The van der Waals surface area contributed by atoms with E-state index in [2.05, 4.69) is 29.6 Å². The number of carboxylic acid groups (broad SMARTS) is 1. The SMILES string of the molecule is C[C@@H]1[C@H](C(=O)O)CCCN1C(=O)[C@@H]1C[C@@H]1CNC(=O)OCC1c2ccccc2-c2ccccc21. The van der Waals surface area contributed by atoms with Gasteiger partial charge in [0.1, 0.15) is 6.61 Å². The molecule has 34 heavy (non-hydrogen) atoms. The lowest BCUT2D eigenvalue weighted by molar-refractivity contribution is -0.149. The van der Waals surface area contributed by atoms with Gasteiger partial charge in [0, 0.05) is 31.0 Å². The summed E-state index contributed by atoms with van der Waals surface area (Å²) < 4.78 is 5.58. The molecule has 2 fully saturated rings. The van der Waals surface area contributed by atoms with Gasteiger partial charge in [0.05, 0.1) is 5.92 Å². The van der Waals surface area contributed by atoms with Crippen molar-refractivity contribution in [3.8, 4) is 11.1 Å². The van der Waals surface area contributed by atoms with E-state index in [1.165, 1.54) is 22.3 Å². The van der Waals surface area contributed by atoms with Crippen LogP contribution in [0.2, 0.25) is 0 Å². The fourth-order valence-electron chi connectivity index (χ4n) is 5.64. The molecule has 2 amide bonds. The van der Waals surface area contributed by atoms with Crippen LogP contribution in [0, 0.1) is 17.8 Å². The van der Waals surface area contributed by atoms with Crippen LogP contribution in [0.3, 0.4) is 0 Å². The molecule has 7 heteroatoms. The van der Waals surface area contributed by atoms with Crippen LogP contribution >= 0.6 is 0 Å². The normalized spacial score (nSPS) is 25.3. The molecule has 0 spiro atoms. The van der Waals surface area contributed by atoms with Gasteiger partial charge in [0.2, 0.25) is 5.91 Å². The van der Waals surface area contributed by atoms with Crippen molar-refractivity contribution in [2.75, 3.05) is 19.7 Å². The standard InChI is InChI=1S/C27H30N2O5/c1-16-18(26(31)32)11-6-12-29(16)25(30)23-13-17(23)14-28-27(33)34-15-24-21-9-4-2-7-19(21)20-8-3-5-10-22(20)24/h2-5,7-10,16-18,23-24H,6,11-15H2,1H3,(H,28,33)(H,31,32)/t16-,17-,18-,23-/m1/s1. The van der Waals surface area contributed by atoms with Crippen LogP contribution in [0.15, 0.2) is 48.5 Å². The lowest BCUT2D eigenvalue weighted by Gasteiger charge is -2.37. The zero-order valence-corrected chi connectivity index (χ0v) is 19.3. The van der Waals surface area contributed by atoms with Crippen molar-refractivity contribution in [2.45, 2.75) is 38.1 Å². The van der Waals surface area contributed by atoms with E-state index < -0.39 is 18.0 Å². The molecule has 0 unspecified atom stereocenters. The number of carbonyl (C=O) groups is 3. The van der Waals surface area contributed by atoms with Crippen molar-refractivity contribution >= 4 is 18.0 Å². The van der Waals surface area contributed by atoms with E-state index in [1.54, 1.807) is 4.90 Å². The first-order valence-electron chi connectivity index (χ1n) is 12.1. The molecule has 0 radical (unpaired) electrons. The molecular weight excluding hydrogens is 432 g/mol. The Morgan fingerprint density at radius 3 is 2.32 bits per heavy atom. The van der Waals surface area contributed by atoms with Crippen LogP contribution < -0.4 is 5.32 Å². The first kappa shape index (κ1) is 22.4. The lowest BCUT2D eigenvalue weighted by Crippen LogP contribution is -2.50. The number of aliphatic carboxylic acids is 1. The molecule has 1 heterocycles. The van der Waals surface area contributed by atoms with Crippen molar-refractivity contribution in [2.24, 2.45) is 17.8 Å². The smallest absolute Gasteiger partial charge is 0.407 e. The van der Waals surface area contributed by atoms with E-state index in [4.69, 9.17) is 4.74 Å². The summed E-state index contributed by atoms with van der Waals surface area (Å²) in [7, 11) is 0. The molecule has 4 atom stereocenters. The van der Waals surface area contributed by atoms with Gasteiger partial charge in [-0.3, -0.25) is 9.59 Å². The first-order chi connectivity index (χ1) is 16.5. The summed E-state index contributed by atoms with van der Waals surface area (Å²) in [6, 6.07) is 16.1. The minimum atomic E-state index is -0.839. The molecule has 1 saturated carbocycles. The molecule has 0 aromatic heterocycles. The lowest BCUT2D eigenvalue weighted by atomic mass is 9.90. The summed E-state index contributed by atoms with van der Waals surface area (Å²) in [5, 5.41) is 12.2. The Balaban J connectivity index is 1.12. The van der Waals surface area contributed by atoms with E-state index in [0.29, 0.717) is 32.4 Å². The minimum Gasteiger partial charge on any atom is -0.481 e. The molecule has 1 saturated heterocycles.